The van der Waals surface area contributed by atoms with E-state index in [-0.39, 0.29) is 5.91 Å². The number of hydrogen-bond acceptors (Lipinski definition) is 3. The van der Waals surface area contributed by atoms with Gasteiger partial charge in [0.15, 0.2) is 0 Å². The van der Waals surface area contributed by atoms with Crippen molar-refractivity contribution in [1.82, 2.24) is 4.90 Å². The maximum absolute atomic E-state index is 12.6. The van der Waals surface area contributed by atoms with E-state index in [1.54, 1.807) is 24.3 Å². The molecule has 0 radical (unpaired) electrons. The van der Waals surface area contributed by atoms with Crippen molar-refractivity contribution in [3.63, 3.8) is 0 Å². The zero-order valence-electron chi connectivity index (χ0n) is 12.4. The first-order valence-electron chi connectivity index (χ1n) is 7.24. The van der Waals surface area contributed by atoms with Crippen LogP contribution in [0, 0.1) is 5.92 Å². The van der Waals surface area contributed by atoms with Crippen molar-refractivity contribution in [2.45, 2.75) is 32.2 Å². The highest BCUT2D eigenvalue weighted by Gasteiger charge is 2.35. The van der Waals surface area contributed by atoms with Gasteiger partial charge in [-0.1, -0.05) is 19.4 Å². The number of likely N-dealkylation sites (tertiary alicyclic amines) is 1. The van der Waals surface area contributed by atoms with Crippen LogP contribution in [0.3, 0.4) is 0 Å². The normalized spacial score (nSPS) is 21.9. The molecule has 1 aliphatic rings. The summed E-state index contributed by atoms with van der Waals surface area (Å²) >= 11 is 0. The number of carboxylic acid groups (broad SMARTS) is 1. The minimum absolute atomic E-state index is 0.240. The number of methoxy groups -OCH3 is 1. The lowest BCUT2D eigenvalue weighted by molar-refractivity contribution is -0.144. The van der Waals surface area contributed by atoms with Crippen molar-refractivity contribution < 1.29 is 19.4 Å². The molecule has 5 heteroatoms. The van der Waals surface area contributed by atoms with Gasteiger partial charge in [0.05, 0.1) is 7.11 Å². The Hall–Kier alpha value is -2.04. The number of carbonyl (C=O) groups is 2. The number of rotatable bonds is 4. The summed E-state index contributed by atoms with van der Waals surface area (Å²) in [4.78, 5) is 25.5. The largest absolute Gasteiger partial charge is 0.497 e. The number of benzene rings is 1. The summed E-state index contributed by atoms with van der Waals surface area (Å²) in [5.41, 5.74) is 0.468. The maximum atomic E-state index is 12.6. The first-order chi connectivity index (χ1) is 10.1. The molecular formula is C16H21NO4. The molecule has 0 aliphatic carbocycles. The number of piperidine rings is 1. The van der Waals surface area contributed by atoms with E-state index in [1.165, 1.54) is 12.0 Å². The minimum Gasteiger partial charge on any atom is -0.497 e. The molecule has 114 valence electrons. The average Bonchev–Trinajstić information content (AvgIpc) is 2.53. The van der Waals surface area contributed by atoms with Gasteiger partial charge in [-0.25, -0.2) is 4.79 Å². The van der Waals surface area contributed by atoms with Crippen LogP contribution >= 0.6 is 0 Å². The number of amides is 1. The second kappa shape index (κ2) is 6.61. The number of aliphatic carboxylic acids is 1. The Kier molecular flexibility index (Phi) is 4.83. The molecule has 1 amide bonds. The van der Waals surface area contributed by atoms with E-state index in [2.05, 4.69) is 6.92 Å². The van der Waals surface area contributed by atoms with Gasteiger partial charge in [0.25, 0.3) is 5.91 Å². The van der Waals surface area contributed by atoms with Gasteiger partial charge >= 0.3 is 5.97 Å². The third-order valence-corrected chi connectivity index (χ3v) is 4.15. The fraction of sp³-hybridized carbons (Fsp3) is 0.500. The van der Waals surface area contributed by atoms with Crippen molar-refractivity contribution in [2.75, 3.05) is 13.7 Å². The van der Waals surface area contributed by atoms with Crippen LogP contribution in [0.15, 0.2) is 24.3 Å². The lowest BCUT2D eigenvalue weighted by Gasteiger charge is -2.37. The molecule has 1 fully saturated rings. The summed E-state index contributed by atoms with van der Waals surface area (Å²) in [5.74, 6) is -0.197. The smallest absolute Gasteiger partial charge is 0.326 e. The number of carbonyl (C=O) groups excluding carboxylic acids is 1. The summed E-state index contributed by atoms with van der Waals surface area (Å²) in [6.07, 6.45) is 2.34. The van der Waals surface area contributed by atoms with Crippen LogP contribution in [-0.2, 0) is 4.79 Å². The second-order valence-electron chi connectivity index (χ2n) is 5.38. The molecule has 1 N–H and O–H groups in total. The highest BCUT2D eigenvalue weighted by atomic mass is 16.5. The molecule has 0 bridgehead atoms. The zero-order chi connectivity index (χ0) is 15.4. The molecule has 21 heavy (non-hydrogen) atoms. The molecule has 2 unspecified atom stereocenters. The standard InChI is InChI=1S/C16H21NO4/c1-3-11-7-8-17(14(9-11)16(19)20)15(18)12-5-4-6-13(10-12)21-2/h4-6,10-11,14H,3,7-9H2,1-2H3,(H,19,20). The minimum atomic E-state index is -0.926. The summed E-state index contributed by atoms with van der Waals surface area (Å²) in [6, 6.07) is 6.10. The van der Waals surface area contributed by atoms with E-state index in [1.807, 2.05) is 0 Å². The molecule has 0 spiro atoms. The Morgan fingerprint density at radius 1 is 1.43 bits per heavy atom. The number of hydrogen-bond donors (Lipinski definition) is 1. The Balaban J connectivity index is 2.21. The van der Waals surface area contributed by atoms with E-state index in [0.29, 0.717) is 30.2 Å². The number of carboxylic acids is 1. The summed E-state index contributed by atoms with van der Waals surface area (Å²) in [6.45, 7) is 2.55. The van der Waals surface area contributed by atoms with Crippen molar-refractivity contribution in [3.05, 3.63) is 29.8 Å². The van der Waals surface area contributed by atoms with E-state index < -0.39 is 12.0 Å². The molecule has 2 atom stereocenters. The van der Waals surface area contributed by atoms with Crippen LogP contribution in [0.5, 0.6) is 5.75 Å². The molecule has 1 heterocycles. The molecule has 1 saturated heterocycles. The van der Waals surface area contributed by atoms with Gasteiger partial charge in [0, 0.05) is 12.1 Å². The summed E-state index contributed by atoms with van der Waals surface area (Å²) in [7, 11) is 1.54. The lowest BCUT2D eigenvalue weighted by Crippen LogP contribution is -2.50. The third kappa shape index (κ3) is 3.35. The maximum Gasteiger partial charge on any atom is 0.326 e. The Labute approximate surface area is 124 Å². The molecule has 2 rings (SSSR count). The van der Waals surface area contributed by atoms with Crippen LogP contribution < -0.4 is 4.74 Å². The SMILES string of the molecule is CCC1CCN(C(=O)c2cccc(OC)c2)C(C(=O)O)C1. The fourth-order valence-electron chi connectivity index (χ4n) is 2.81. The van der Waals surface area contributed by atoms with Crippen molar-refractivity contribution in [2.24, 2.45) is 5.92 Å². The van der Waals surface area contributed by atoms with Crippen LogP contribution in [0.2, 0.25) is 0 Å². The van der Waals surface area contributed by atoms with Gasteiger partial charge in [-0.15, -0.1) is 0 Å². The van der Waals surface area contributed by atoms with Crippen LogP contribution in [0.4, 0.5) is 0 Å². The average molecular weight is 291 g/mol. The first-order valence-corrected chi connectivity index (χ1v) is 7.24. The van der Waals surface area contributed by atoms with E-state index in [9.17, 15) is 14.7 Å². The Morgan fingerprint density at radius 3 is 2.81 bits per heavy atom. The van der Waals surface area contributed by atoms with Gasteiger partial charge < -0.3 is 14.7 Å². The predicted octanol–water partition coefficient (Wildman–Crippen LogP) is 2.41. The van der Waals surface area contributed by atoms with Crippen molar-refractivity contribution in [3.8, 4) is 5.75 Å². The molecule has 1 aromatic rings. The molecule has 1 aliphatic heterocycles. The fourth-order valence-corrected chi connectivity index (χ4v) is 2.81. The summed E-state index contributed by atoms with van der Waals surface area (Å²) in [5, 5.41) is 9.40. The van der Waals surface area contributed by atoms with Gasteiger partial charge in [-0.05, 0) is 37.0 Å². The molecule has 5 nitrogen and oxygen atoms in total. The van der Waals surface area contributed by atoms with E-state index in [4.69, 9.17) is 4.74 Å². The zero-order valence-corrected chi connectivity index (χ0v) is 12.4. The van der Waals surface area contributed by atoms with Crippen LogP contribution in [0.1, 0.15) is 36.5 Å². The molecule has 0 saturated carbocycles. The number of nitrogens with zero attached hydrogens (tertiary/aromatic N) is 1. The van der Waals surface area contributed by atoms with Crippen LogP contribution in [-0.4, -0.2) is 41.6 Å². The van der Waals surface area contributed by atoms with Gasteiger partial charge in [-0.3, -0.25) is 4.79 Å². The van der Waals surface area contributed by atoms with Gasteiger partial charge in [0.2, 0.25) is 0 Å². The van der Waals surface area contributed by atoms with E-state index >= 15 is 0 Å². The highest BCUT2D eigenvalue weighted by Crippen LogP contribution is 2.27. The molecule has 0 aromatic heterocycles. The van der Waals surface area contributed by atoms with E-state index in [0.717, 1.165) is 12.8 Å². The van der Waals surface area contributed by atoms with Gasteiger partial charge in [-0.2, -0.15) is 0 Å². The number of ether oxygens (including phenoxy) is 1. The predicted molar refractivity (Wildman–Crippen MR) is 78.5 cm³/mol. The second-order valence-corrected chi connectivity index (χ2v) is 5.38. The third-order valence-electron chi connectivity index (χ3n) is 4.15. The Bertz CT molecular complexity index is 529. The van der Waals surface area contributed by atoms with Crippen molar-refractivity contribution in [1.29, 1.82) is 0 Å². The first kappa shape index (κ1) is 15.4. The van der Waals surface area contributed by atoms with Gasteiger partial charge in [0.1, 0.15) is 11.8 Å². The molecular weight excluding hydrogens is 270 g/mol. The van der Waals surface area contributed by atoms with Crippen molar-refractivity contribution >= 4 is 11.9 Å². The topological polar surface area (TPSA) is 66.8 Å². The quantitative estimate of drug-likeness (QED) is 0.925. The van der Waals surface area contributed by atoms with Crippen LogP contribution in [0.25, 0.3) is 0 Å². The Morgan fingerprint density at radius 2 is 2.19 bits per heavy atom. The summed E-state index contributed by atoms with van der Waals surface area (Å²) < 4.78 is 5.11. The highest BCUT2D eigenvalue weighted by molar-refractivity contribution is 5.97. The monoisotopic (exact) mass is 291 g/mol. The molecule has 1 aromatic carbocycles. The lowest BCUT2D eigenvalue weighted by atomic mass is 9.88.